The van der Waals surface area contributed by atoms with E-state index < -0.39 is 0 Å². The van der Waals surface area contributed by atoms with Gasteiger partial charge in [0.05, 0.1) is 0 Å². The van der Waals surface area contributed by atoms with Crippen molar-refractivity contribution in [3.05, 3.63) is 35.8 Å². The van der Waals surface area contributed by atoms with Crippen molar-refractivity contribution in [1.29, 1.82) is 0 Å². The van der Waals surface area contributed by atoms with Gasteiger partial charge < -0.3 is 4.42 Å². The summed E-state index contributed by atoms with van der Waals surface area (Å²) in [4.78, 5) is 0.525. The molecule has 0 fully saturated rings. The summed E-state index contributed by atoms with van der Waals surface area (Å²) >= 11 is 3.59. The largest absolute Gasteiger partial charge is 0.461 e. The molecule has 0 saturated heterocycles. The molecule has 16 heavy (non-hydrogen) atoms. The highest BCUT2D eigenvalue weighted by Gasteiger charge is 2.07. The van der Waals surface area contributed by atoms with Crippen molar-refractivity contribution in [1.82, 2.24) is 0 Å². The number of alkyl halides is 1. The molecule has 1 nitrogen and oxygen atoms in total. The second kappa shape index (κ2) is 5.00. The molecule has 0 spiro atoms. The Balaban J connectivity index is 2.13. The molecule has 1 heterocycles. The molecule has 3 heteroatoms. The van der Waals surface area contributed by atoms with E-state index in [1.165, 1.54) is 12.1 Å². The molecule has 86 valence electrons. The molecule has 0 radical (unpaired) electrons. The van der Waals surface area contributed by atoms with E-state index in [4.69, 9.17) is 4.42 Å². The zero-order valence-corrected chi connectivity index (χ0v) is 10.8. The van der Waals surface area contributed by atoms with Crippen molar-refractivity contribution in [3.63, 3.8) is 0 Å². The van der Waals surface area contributed by atoms with Gasteiger partial charge in [0.15, 0.2) is 0 Å². The van der Waals surface area contributed by atoms with Crippen molar-refractivity contribution < 1.29 is 8.81 Å². The number of hydrogen-bond donors (Lipinski definition) is 0. The number of rotatable bonds is 4. The summed E-state index contributed by atoms with van der Waals surface area (Å²) in [7, 11) is 0. The smallest absolute Gasteiger partial charge is 0.134 e. The lowest BCUT2D eigenvalue weighted by Gasteiger charge is -2.03. The van der Waals surface area contributed by atoms with Crippen LogP contribution in [0.4, 0.5) is 4.39 Å². The van der Waals surface area contributed by atoms with Gasteiger partial charge in [-0.05, 0) is 37.1 Å². The Morgan fingerprint density at radius 1 is 1.38 bits per heavy atom. The average molecular weight is 285 g/mol. The van der Waals surface area contributed by atoms with Crippen molar-refractivity contribution in [2.24, 2.45) is 0 Å². The molecule has 0 aliphatic heterocycles. The third kappa shape index (κ3) is 2.64. The highest BCUT2D eigenvalue weighted by Crippen LogP contribution is 2.22. The number of benzene rings is 1. The Hall–Kier alpha value is -0.830. The summed E-state index contributed by atoms with van der Waals surface area (Å²) in [5.74, 6) is 0.713. The third-order valence-electron chi connectivity index (χ3n) is 2.68. The zero-order chi connectivity index (χ0) is 11.5. The molecule has 2 rings (SSSR count). The Labute approximate surface area is 103 Å². The maximum Gasteiger partial charge on any atom is 0.134 e. The van der Waals surface area contributed by atoms with E-state index in [1.807, 2.05) is 6.07 Å². The molecule has 1 aromatic heterocycles. The number of hydrogen-bond acceptors (Lipinski definition) is 1. The van der Waals surface area contributed by atoms with E-state index in [-0.39, 0.29) is 5.82 Å². The molecule has 1 aromatic carbocycles. The van der Waals surface area contributed by atoms with E-state index in [0.717, 1.165) is 36.0 Å². The van der Waals surface area contributed by atoms with Crippen LogP contribution in [0.5, 0.6) is 0 Å². The van der Waals surface area contributed by atoms with Crippen LogP contribution in [-0.2, 0) is 6.42 Å². The van der Waals surface area contributed by atoms with Gasteiger partial charge in [-0.15, -0.1) is 0 Å². The summed E-state index contributed by atoms with van der Waals surface area (Å²) < 4.78 is 18.6. The molecular weight excluding hydrogens is 271 g/mol. The minimum atomic E-state index is -0.216. The fraction of sp³-hybridized carbons (Fsp3) is 0.385. The lowest BCUT2D eigenvalue weighted by atomic mass is 10.1. The van der Waals surface area contributed by atoms with E-state index in [9.17, 15) is 4.39 Å². The van der Waals surface area contributed by atoms with Crippen molar-refractivity contribution >= 4 is 26.9 Å². The summed E-state index contributed by atoms with van der Waals surface area (Å²) in [6, 6.07) is 6.54. The first kappa shape index (κ1) is 11.6. The van der Waals surface area contributed by atoms with Gasteiger partial charge in [0.25, 0.3) is 0 Å². The molecule has 0 saturated carbocycles. The van der Waals surface area contributed by atoms with Crippen LogP contribution in [0.3, 0.4) is 0 Å². The second-order valence-corrected chi connectivity index (χ2v) is 5.23. The molecule has 0 bridgehead atoms. The standard InChI is InChI=1S/C13H14BrFO/c1-2-10(14)3-5-12-8-9-7-11(15)4-6-13(9)16-12/h4,6-8,10H,2-3,5H2,1H3. The second-order valence-electron chi connectivity index (χ2n) is 3.94. The molecular formula is C13H14BrFO. The van der Waals surface area contributed by atoms with Gasteiger partial charge in [-0.1, -0.05) is 22.9 Å². The molecule has 1 unspecified atom stereocenters. The predicted molar refractivity (Wildman–Crippen MR) is 67.5 cm³/mol. The molecule has 1 atom stereocenters. The normalized spacial score (nSPS) is 13.2. The Morgan fingerprint density at radius 2 is 2.19 bits per heavy atom. The van der Waals surface area contributed by atoms with Gasteiger partial charge in [-0.3, -0.25) is 0 Å². The number of halogens is 2. The minimum absolute atomic E-state index is 0.216. The molecule has 0 aliphatic rings. The lowest BCUT2D eigenvalue weighted by molar-refractivity contribution is 0.534. The summed E-state index contributed by atoms with van der Waals surface area (Å²) in [6.45, 7) is 2.15. The molecule has 2 aromatic rings. The molecule has 0 N–H and O–H groups in total. The maximum atomic E-state index is 13.0. The monoisotopic (exact) mass is 284 g/mol. The third-order valence-corrected chi connectivity index (χ3v) is 3.78. The SMILES string of the molecule is CCC(Br)CCc1cc2cc(F)ccc2o1. The number of furan rings is 1. The molecule has 0 amide bonds. The van der Waals surface area contributed by atoms with Crippen molar-refractivity contribution in [2.75, 3.05) is 0 Å². The Kier molecular flexibility index (Phi) is 3.64. The van der Waals surface area contributed by atoms with Gasteiger partial charge in [0, 0.05) is 16.6 Å². The van der Waals surface area contributed by atoms with Gasteiger partial charge in [-0.25, -0.2) is 4.39 Å². The Bertz CT molecular complexity index is 478. The van der Waals surface area contributed by atoms with Gasteiger partial charge in [0.2, 0.25) is 0 Å². The predicted octanol–water partition coefficient (Wildman–Crippen LogP) is 4.68. The van der Waals surface area contributed by atoms with Crippen LogP contribution in [0.25, 0.3) is 11.0 Å². The lowest BCUT2D eigenvalue weighted by Crippen LogP contribution is -1.96. The quantitative estimate of drug-likeness (QED) is 0.743. The zero-order valence-electron chi connectivity index (χ0n) is 9.17. The van der Waals surface area contributed by atoms with E-state index >= 15 is 0 Å². The highest BCUT2D eigenvalue weighted by atomic mass is 79.9. The maximum absolute atomic E-state index is 13.0. The fourth-order valence-corrected chi connectivity index (χ4v) is 1.92. The first-order valence-corrected chi connectivity index (χ1v) is 6.42. The van der Waals surface area contributed by atoms with Crippen LogP contribution in [0.2, 0.25) is 0 Å². The van der Waals surface area contributed by atoms with Crippen LogP contribution < -0.4 is 0 Å². The summed E-state index contributed by atoms with van der Waals surface area (Å²) in [6.07, 6.45) is 3.04. The topological polar surface area (TPSA) is 13.1 Å². The van der Waals surface area contributed by atoms with Gasteiger partial charge in [0.1, 0.15) is 17.2 Å². The average Bonchev–Trinajstić information content (AvgIpc) is 2.67. The van der Waals surface area contributed by atoms with Gasteiger partial charge in [-0.2, -0.15) is 0 Å². The van der Waals surface area contributed by atoms with E-state index in [2.05, 4.69) is 22.9 Å². The van der Waals surface area contributed by atoms with Crippen LogP contribution in [-0.4, -0.2) is 4.83 Å². The van der Waals surface area contributed by atoms with Crippen LogP contribution in [0.1, 0.15) is 25.5 Å². The van der Waals surface area contributed by atoms with Crippen LogP contribution >= 0.6 is 15.9 Å². The van der Waals surface area contributed by atoms with Gasteiger partial charge >= 0.3 is 0 Å². The first-order valence-electron chi connectivity index (χ1n) is 5.51. The Morgan fingerprint density at radius 3 is 2.94 bits per heavy atom. The highest BCUT2D eigenvalue weighted by molar-refractivity contribution is 9.09. The first-order chi connectivity index (χ1) is 7.69. The minimum Gasteiger partial charge on any atom is -0.461 e. The number of aryl methyl sites for hydroxylation is 1. The summed E-state index contributed by atoms with van der Waals surface area (Å²) in [5.41, 5.74) is 0.763. The van der Waals surface area contributed by atoms with E-state index in [1.54, 1.807) is 6.07 Å². The fourth-order valence-electron chi connectivity index (χ4n) is 1.70. The summed E-state index contributed by atoms with van der Waals surface area (Å²) in [5, 5.41) is 0.845. The van der Waals surface area contributed by atoms with Crippen LogP contribution in [0.15, 0.2) is 28.7 Å². The van der Waals surface area contributed by atoms with Crippen molar-refractivity contribution in [3.8, 4) is 0 Å². The van der Waals surface area contributed by atoms with E-state index in [0.29, 0.717) is 4.83 Å². The van der Waals surface area contributed by atoms with Crippen LogP contribution in [0, 0.1) is 5.82 Å². The number of fused-ring (bicyclic) bond motifs is 1. The molecule has 0 aliphatic carbocycles. The van der Waals surface area contributed by atoms with Crippen molar-refractivity contribution in [2.45, 2.75) is 31.0 Å².